The monoisotopic (exact) mass is 447 g/mol. The zero-order chi connectivity index (χ0) is 22.5. The molecule has 1 amide bonds. The SMILES string of the molecule is COc1ccc([C@H]2CC(c3ccccc3Cl)=NN2C(=O)CN(C)Cc2ccccc2)cc1. The molecule has 0 bridgehead atoms. The van der Waals surface area contributed by atoms with E-state index in [1.54, 1.807) is 12.1 Å². The Hall–Kier alpha value is -3.15. The maximum atomic E-state index is 13.3. The molecule has 0 saturated carbocycles. The van der Waals surface area contributed by atoms with Crippen molar-refractivity contribution in [3.8, 4) is 5.75 Å². The van der Waals surface area contributed by atoms with E-state index < -0.39 is 0 Å². The third-order valence-electron chi connectivity index (χ3n) is 5.55. The van der Waals surface area contributed by atoms with Crippen LogP contribution in [0.25, 0.3) is 0 Å². The predicted molar refractivity (Wildman–Crippen MR) is 128 cm³/mol. The van der Waals surface area contributed by atoms with E-state index in [2.05, 4.69) is 12.1 Å². The molecule has 1 heterocycles. The molecule has 32 heavy (non-hydrogen) atoms. The summed E-state index contributed by atoms with van der Waals surface area (Å²) in [4.78, 5) is 15.3. The van der Waals surface area contributed by atoms with Gasteiger partial charge in [-0.05, 0) is 36.4 Å². The number of nitrogens with zero attached hydrogens (tertiary/aromatic N) is 3. The first-order chi connectivity index (χ1) is 15.5. The minimum Gasteiger partial charge on any atom is -0.497 e. The van der Waals surface area contributed by atoms with Gasteiger partial charge >= 0.3 is 0 Å². The summed E-state index contributed by atoms with van der Waals surface area (Å²) in [6, 6.07) is 25.3. The Balaban J connectivity index is 1.58. The first-order valence-electron chi connectivity index (χ1n) is 10.6. The van der Waals surface area contributed by atoms with Crippen LogP contribution in [0.3, 0.4) is 0 Å². The highest BCUT2D eigenvalue weighted by molar-refractivity contribution is 6.34. The van der Waals surface area contributed by atoms with Crippen molar-refractivity contribution in [2.24, 2.45) is 5.10 Å². The number of benzene rings is 3. The summed E-state index contributed by atoms with van der Waals surface area (Å²) in [5.41, 5.74) is 3.85. The number of hydrazone groups is 1. The molecule has 0 aromatic heterocycles. The van der Waals surface area contributed by atoms with Crippen LogP contribution in [0.2, 0.25) is 5.02 Å². The summed E-state index contributed by atoms with van der Waals surface area (Å²) in [6.07, 6.45) is 0.601. The van der Waals surface area contributed by atoms with Crippen LogP contribution in [0.1, 0.15) is 29.2 Å². The maximum Gasteiger partial charge on any atom is 0.257 e. The molecule has 1 aliphatic heterocycles. The zero-order valence-corrected chi connectivity index (χ0v) is 19.0. The van der Waals surface area contributed by atoms with Crippen LogP contribution in [-0.4, -0.2) is 42.2 Å². The topological polar surface area (TPSA) is 45.1 Å². The Labute approximate surface area is 193 Å². The number of hydrogen-bond acceptors (Lipinski definition) is 4. The van der Waals surface area contributed by atoms with Crippen molar-refractivity contribution in [2.45, 2.75) is 19.0 Å². The lowest BCUT2D eigenvalue weighted by atomic mass is 9.98. The normalized spacial score (nSPS) is 15.7. The molecule has 1 aliphatic rings. The minimum absolute atomic E-state index is 0.0497. The average Bonchev–Trinajstić information content (AvgIpc) is 3.25. The molecule has 0 N–H and O–H groups in total. The number of methoxy groups -OCH3 is 1. The van der Waals surface area contributed by atoms with Crippen LogP contribution in [0.5, 0.6) is 5.75 Å². The van der Waals surface area contributed by atoms with Gasteiger partial charge in [0.15, 0.2) is 0 Å². The summed E-state index contributed by atoms with van der Waals surface area (Å²) in [6.45, 7) is 0.954. The number of hydrogen-bond donors (Lipinski definition) is 0. The third kappa shape index (κ3) is 5.01. The van der Waals surface area contributed by atoms with E-state index >= 15 is 0 Å². The number of amides is 1. The lowest BCUT2D eigenvalue weighted by Crippen LogP contribution is -2.36. The van der Waals surface area contributed by atoms with Crippen molar-refractivity contribution in [1.29, 1.82) is 0 Å². The van der Waals surface area contributed by atoms with Gasteiger partial charge in [-0.1, -0.05) is 72.3 Å². The zero-order valence-electron chi connectivity index (χ0n) is 18.2. The molecule has 6 heteroatoms. The standard InChI is InChI=1S/C26H26ClN3O2/c1-29(17-19-8-4-3-5-9-19)18-26(31)30-25(20-12-14-21(32-2)15-13-20)16-24(28-30)22-10-6-7-11-23(22)27/h3-15,25H,16-18H2,1-2H3/t25-/m1/s1. The second-order valence-electron chi connectivity index (χ2n) is 7.92. The van der Waals surface area contributed by atoms with Gasteiger partial charge in [0.05, 0.1) is 25.4 Å². The van der Waals surface area contributed by atoms with Gasteiger partial charge in [0.1, 0.15) is 5.75 Å². The highest BCUT2D eigenvalue weighted by Gasteiger charge is 2.34. The van der Waals surface area contributed by atoms with Crippen molar-refractivity contribution < 1.29 is 9.53 Å². The average molecular weight is 448 g/mol. The summed E-state index contributed by atoms with van der Waals surface area (Å²) >= 11 is 6.43. The molecule has 0 aliphatic carbocycles. The van der Waals surface area contributed by atoms with Gasteiger partial charge in [0.2, 0.25) is 0 Å². The number of carbonyl (C=O) groups is 1. The molecule has 0 fully saturated rings. The highest BCUT2D eigenvalue weighted by atomic mass is 35.5. The molecule has 0 unspecified atom stereocenters. The third-order valence-corrected chi connectivity index (χ3v) is 5.88. The lowest BCUT2D eigenvalue weighted by molar-refractivity contribution is -0.134. The number of rotatable bonds is 7. The Morgan fingerprint density at radius 3 is 2.44 bits per heavy atom. The Kier molecular flexibility index (Phi) is 6.88. The molecule has 0 saturated heterocycles. The van der Waals surface area contributed by atoms with E-state index in [9.17, 15) is 4.79 Å². The number of halogens is 1. The van der Waals surface area contributed by atoms with Crippen LogP contribution in [-0.2, 0) is 11.3 Å². The molecular formula is C26H26ClN3O2. The van der Waals surface area contributed by atoms with Gasteiger partial charge in [-0.15, -0.1) is 0 Å². The molecule has 164 valence electrons. The quantitative estimate of drug-likeness (QED) is 0.502. The Morgan fingerprint density at radius 1 is 1.06 bits per heavy atom. The van der Waals surface area contributed by atoms with E-state index in [4.69, 9.17) is 21.4 Å². The van der Waals surface area contributed by atoms with Crippen LogP contribution in [0.4, 0.5) is 0 Å². The van der Waals surface area contributed by atoms with Gasteiger partial charge in [-0.2, -0.15) is 5.10 Å². The van der Waals surface area contributed by atoms with Gasteiger partial charge in [0.25, 0.3) is 5.91 Å². The second kappa shape index (κ2) is 9.98. The van der Waals surface area contributed by atoms with Crippen LogP contribution >= 0.6 is 11.6 Å². The van der Waals surface area contributed by atoms with Gasteiger partial charge < -0.3 is 4.74 Å². The molecule has 5 nitrogen and oxygen atoms in total. The van der Waals surface area contributed by atoms with Crippen molar-refractivity contribution in [3.05, 3.63) is 101 Å². The number of ether oxygens (including phenoxy) is 1. The first-order valence-corrected chi connectivity index (χ1v) is 10.9. The molecule has 3 aromatic rings. The molecular weight excluding hydrogens is 422 g/mol. The summed E-state index contributed by atoms with van der Waals surface area (Å²) in [7, 11) is 3.59. The largest absolute Gasteiger partial charge is 0.497 e. The van der Waals surface area contributed by atoms with Crippen molar-refractivity contribution in [3.63, 3.8) is 0 Å². The second-order valence-corrected chi connectivity index (χ2v) is 8.32. The smallest absolute Gasteiger partial charge is 0.257 e. The fourth-order valence-corrected chi connectivity index (χ4v) is 4.18. The number of likely N-dealkylation sites (N-methyl/N-ethyl adjacent to an activating group) is 1. The maximum absolute atomic E-state index is 13.3. The molecule has 1 atom stereocenters. The van der Waals surface area contributed by atoms with Crippen LogP contribution in [0, 0.1) is 0 Å². The number of carbonyl (C=O) groups excluding carboxylic acids is 1. The summed E-state index contributed by atoms with van der Waals surface area (Å²) < 4.78 is 5.29. The first kappa shape index (κ1) is 22.1. The minimum atomic E-state index is -0.190. The Morgan fingerprint density at radius 2 is 1.75 bits per heavy atom. The van der Waals surface area contributed by atoms with Crippen LogP contribution in [0.15, 0.2) is 84.0 Å². The highest BCUT2D eigenvalue weighted by Crippen LogP contribution is 2.35. The molecule has 0 radical (unpaired) electrons. The lowest BCUT2D eigenvalue weighted by Gasteiger charge is -2.25. The predicted octanol–water partition coefficient (Wildman–Crippen LogP) is 5.16. The molecule has 0 spiro atoms. The van der Waals surface area contributed by atoms with Crippen molar-refractivity contribution in [2.75, 3.05) is 20.7 Å². The van der Waals surface area contributed by atoms with E-state index in [0.29, 0.717) is 18.0 Å². The van der Waals surface area contributed by atoms with Crippen LogP contribution < -0.4 is 4.74 Å². The van der Waals surface area contributed by atoms with Crippen molar-refractivity contribution >= 4 is 23.2 Å². The van der Waals surface area contributed by atoms with E-state index in [1.165, 1.54) is 0 Å². The van der Waals surface area contributed by atoms with E-state index in [0.717, 1.165) is 28.2 Å². The van der Waals surface area contributed by atoms with Gasteiger partial charge in [-0.3, -0.25) is 9.69 Å². The van der Waals surface area contributed by atoms with Gasteiger partial charge in [0, 0.05) is 23.6 Å². The summed E-state index contributed by atoms with van der Waals surface area (Å²) in [5.74, 6) is 0.728. The Bertz CT molecular complexity index is 1100. The molecule has 3 aromatic carbocycles. The molecule has 4 rings (SSSR count). The van der Waals surface area contributed by atoms with E-state index in [-0.39, 0.29) is 18.5 Å². The van der Waals surface area contributed by atoms with E-state index in [1.807, 2.05) is 78.7 Å². The summed E-state index contributed by atoms with van der Waals surface area (Å²) in [5, 5.41) is 6.99. The van der Waals surface area contributed by atoms with Gasteiger partial charge in [-0.25, -0.2) is 5.01 Å². The fraction of sp³-hybridized carbons (Fsp3) is 0.231. The van der Waals surface area contributed by atoms with Crippen molar-refractivity contribution in [1.82, 2.24) is 9.91 Å². The fourth-order valence-electron chi connectivity index (χ4n) is 3.94.